The number of rotatable bonds is 4. The number of alkyl halides is 2. The highest BCUT2D eigenvalue weighted by Gasteiger charge is 2.64. The fraction of sp³-hybridized carbons (Fsp3) is 0.692. The molecule has 2 unspecified atom stereocenters. The van der Waals surface area contributed by atoms with Gasteiger partial charge in [0.1, 0.15) is 8.07 Å². The molecule has 0 bridgehead atoms. The van der Waals surface area contributed by atoms with Crippen LogP contribution in [0.15, 0.2) is 45.8 Å². The summed E-state index contributed by atoms with van der Waals surface area (Å²) in [7, 11) is -5.70. The first kappa shape index (κ1) is 27.4. The molecular weight excluding hydrogens is 467 g/mol. The summed E-state index contributed by atoms with van der Waals surface area (Å²) < 4.78 is -0.936. The molecule has 2 aliphatic rings. The highest BCUT2D eigenvalue weighted by Crippen LogP contribution is 2.58. The zero-order valence-electron chi connectivity index (χ0n) is 22.6. The van der Waals surface area contributed by atoms with Crippen molar-refractivity contribution < 1.29 is 0 Å². The number of allylic oxidation sites excluding steroid dienone is 8. The van der Waals surface area contributed by atoms with Crippen molar-refractivity contribution in [2.24, 2.45) is 10.8 Å². The van der Waals surface area contributed by atoms with E-state index in [1.54, 1.807) is 0 Å². The minimum absolute atomic E-state index is 0.0744. The monoisotopic (exact) mass is 512 g/mol. The maximum Gasteiger partial charge on any atom is 0.114 e. The molecule has 2 aliphatic carbocycles. The smallest absolute Gasteiger partial charge is 0.114 e. The summed E-state index contributed by atoms with van der Waals surface area (Å²) in [6.07, 6.45) is 9.75. The minimum Gasteiger partial charge on any atom is -0.114 e. The van der Waals surface area contributed by atoms with Crippen LogP contribution >= 0.6 is 23.2 Å². The second-order valence-electron chi connectivity index (χ2n) is 14.4. The molecule has 0 saturated carbocycles. The molecule has 0 aromatic heterocycles. The number of halogens is 2. The fourth-order valence-corrected chi connectivity index (χ4v) is 18.6. The normalized spacial score (nSPS) is 28.4. The van der Waals surface area contributed by atoms with Gasteiger partial charge in [-0.1, -0.05) is 129 Å². The molecule has 0 radical (unpaired) electrons. The first-order chi connectivity index (χ1) is 13.4. The van der Waals surface area contributed by atoms with Crippen molar-refractivity contribution in [3.63, 3.8) is 0 Å². The summed E-state index contributed by atoms with van der Waals surface area (Å²) in [5.74, 6) is 0. The zero-order chi connectivity index (χ0) is 24.6. The van der Waals surface area contributed by atoms with Gasteiger partial charge in [0.15, 0.2) is 0 Å². The van der Waals surface area contributed by atoms with E-state index in [1.807, 2.05) is 0 Å². The van der Waals surface area contributed by atoms with Gasteiger partial charge in [-0.15, -0.1) is 23.2 Å². The largest absolute Gasteiger partial charge is 0.114 e. The van der Waals surface area contributed by atoms with Crippen LogP contribution in [-0.2, 0) is 0 Å². The van der Waals surface area contributed by atoms with Crippen LogP contribution in [0.5, 0.6) is 0 Å². The van der Waals surface area contributed by atoms with E-state index in [0.29, 0.717) is 0 Å². The maximum atomic E-state index is 7.89. The Bertz CT molecular complexity index is 806. The molecule has 0 aromatic rings. The Morgan fingerprint density at radius 1 is 0.581 bits per heavy atom. The van der Waals surface area contributed by atoms with Crippen LogP contribution in [0, 0.1) is 10.8 Å². The fourth-order valence-electron chi connectivity index (χ4n) is 4.88. The number of hydrogen-bond donors (Lipinski definition) is 0. The second kappa shape index (κ2) is 7.60. The Balaban J connectivity index is 2.84. The van der Waals surface area contributed by atoms with E-state index in [9.17, 15) is 0 Å². The van der Waals surface area contributed by atoms with E-state index in [0.717, 1.165) is 0 Å². The molecule has 5 heteroatoms. The summed E-state index contributed by atoms with van der Waals surface area (Å²) in [5.41, 5.74) is 2.89. The van der Waals surface area contributed by atoms with Gasteiger partial charge < -0.3 is 0 Å². The lowest BCUT2D eigenvalue weighted by Crippen LogP contribution is -2.66. The van der Waals surface area contributed by atoms with Crippen molar-refractivity contribution in [1.29, 1.82) is 0 Å². The van der Waals surface area contributed by atoms with Crippen molar-refractivity contribution in [3.8, 4) is 0 Å². The van der Waals surface area contributed by atoms with E-state index < -0.39 is 33.2 Å². The lowest BCUT2D eigenvalue weighted by Gasteiger charge is -2.52. The van der Waals surface area contributed by atoms with Gasteiger partial charge in [-0.05, 0) is 22.0 Å². The molecule has 0 amide bonds. The third-order valence-electron chi connectivity index (χ3n) is 7.26. The SMILES string of the molecule is CC(C)(C)C1=CC(Cl)([Si](C)(C)C2(Cl)C=C(C(C)(C)C)C=C2[Si](C)(C)C)C([Si](C)(C)C)=C1. The molecule has 0 nitrogen and oxygen atoms in total. The molecule has 2 atom stereocenters. The van der Waals surface area contributed by atoms with E-state index in [2.05, 4.69) is 118 Å². The summed E-state index contributed by atoms with van der Waals surface area (Å²) in [5, 5.41) is 2.94. The summed E-state index contributed by atoms with van der Waals surface area (Å²) in [6.45, 7) is 33.3. The molecule has 0 aliphatic heterocycles. The highest BCUT2D eigenvalue weighted by molar-refractivity contribution is 7.03. The van der Waals surface area contributed by atoms with Gasteiger partial charge >= 0.3 is 0 Å². The third kappa shape index (κ3) is 4.60. The Labute approximate surface area is 206 Å². The first-order valence-electron chi connectivity index (χ1n) is 11.7. The van der Waals surface area contributed by atoms with Crippen molar-refractivity contribution >= 4 is 47.4 Å². The van der Waals surface area contributed by atoms with Gasteiger partial charge in [-0.3, -0.25) is 0 Å². The van der Waals surface area contributed by atoms with Crippen LogP contribution in [0.25, 0.3) is 0 Å². The molecule has 0 fully saturated rings. The minimum atomic E-state index is -2.36. The Morgan fingerprint density at radius 3 is 1.03 bits per heavy atom. The molecule has 0 spiro atoms. The quantitative estimate of drug-likeness (QED) is 0.259. The Hall–Kier alpha value is 0.191. The molecule has 0 heterocycles. The van der Waals surface area contributed by atoms with Gasteiger partial charge in [0.25, 0.3) is 0 Å². The number of hydrogen-bond acceptors (Lipinski definition) is 0. The predicted molar refractivity (Wildman–Crippen MR) is 153 cm³/mol. The standard InChI is InChI=1S/C26H46Cl2Si3/c1-23(2,3)19-15-21(29(7,8)9)25(27,17-19)31(13,14)26(28)18-20(24(4,5)6)16-22(26)30(10,11)12/h15-18H,1-14H3. The highest BCUT2D eigenvalue weighted by atomic mass is 35.5. The summed E-state index contributed by atoms with van der Waals surface area (Å²) in [6, 6.07) is 0. The van der Waals surface area contributed by atoms with Crippen LogP contribution in [-0.4, -0.2) is 33.2 Å². The Kier molecular flexibility index (Phi) is 6.72. The predicted octanol–water partition coefficient (Wildman–Crippen LogP) is 9.31. The van der Waals surface area contributed by atoms with E-state index in [-0.39, 0.29) is 10.8 Å². The van der Waals surface area contributed by atoms with Gasteiger partial charge in [0.2, 0.25) is 0 Å². The topological polar surface area (TPSA) is 0 Å². The van der Waals surface area contributed by atoms with Crippen molar-refractivity contribution in [2.75, 3.05) is 0 Å². The molecule has 2 rings (SSSR count). The van der Waals surface area contributed by atoms with Crippen molar-refractivity contribution in [1.82, 2.24) is 0 Å². The molecule has 0 saturated heterocycles. The molecule has 31 heavy (non-hydrogen) atoms. The third-order valence-corrected chi connectivity index (χ3v) is 20.3. The average Bonchev–Trinajstić information content (AvgIpc) is 3.05. The summed E-state index contributed by atoms with van der Waals surface area (Å²) >= 11 is 15.8. The average molecular weight is 514 g/mol. The molecule has 176 valence electrons. The van der Waals surface area contributed by atoms with Crippen LogP contribution in [0.3, 0.4) is 0 Å². The van der Waals surface area contributed by atoms with Crippen LogP contribution in [0.2, 0.25) is 52.4 Å². The Morgan fingerprint density at radius 2 is 0.839 bits per heavy atom. The van der Waals surface area contributed by atoms with Crippen LogP contribution < -0.4 is 0 Å². The molecule has 0 aromatic carbocycles. The van der Waals surface area contributed by atoms with Crippen LogP contribution in [0.4, 0.5) is 0 Å². The van der Waals surface area contributed by atoms with Gasteiger partial charge in [-0.25, -0.2) is 0 Å². The van der Waals surface area contributed by atoms with Crippen molar-refractivity contribution in [3.05, 3.63) is 45.8 Å². The summed E-state index contributed by atoms with van der Waals surface area (Å²) in [4.78, 5) is 0. The van der Waals surface area contributed by atoms with E-state index in [4.69, 9.17) is 23.2 Å². The van der Waals surface area contributed by atoms with Gasteiger partial charge in [-0.2, -0.15) is 0 Å². The molecule has 0 N–H and O–H groups in total. The van der Waals surface area contributed by atoms with E-state index >= 15 is 0 Å². The van der Waals surface area contributed by atoms with E-state index in [1.165, 1.54) is 21.5 Å². The second-order valence-corrected chi connectivity index (χ2v) is 31.1. The first-order valence-corrected chi connectivity index (χ1v) is 22.4. The zero-order valence-corrected chi connectivity index (χ0v) is 27.1. The lowest BCUT2D eigenvalue weighted by molar-refractivity contribution is 0.517. The van der Waals surface area contributed by atoms with Gasteiger partial charge in [0, 0.05) is 0 Å². The lowest BCUT2D eigenvalue weighted by atomic mass is 9.87. The maximum absolute atomic E-state index is 7.89. The van der Waals surface area contributed by atoms with Gasteiger partial charge in [0.05, 0.1) is 25.1 Å². The van der Waals surface area contributed by atoms with Crippen molar-refractivity contribution in [2.45, 2.75) is 103 Å². The van der Waals surface area contributed by atoms with Crippen LogP contribution in [0.1, 0.15) is 41.5 Å². The molecular formula is C26H46Cl2Si3.